The summed E-state index contributed by atoms with van der Waals surface area (Å²) in [7, 11) is 0. The lowest BCUT2D eigenvalue weighted by molar-refractivity contribution is 0.689. The van der Waals surface area contributed by atoms with Gasteiger partial charge in [0, 0.05) is 15.8 Å². The van der Waals surface area contributed by atoms with Crippen LogP contribution in [-0.4, -0.2) is 17.2 Å². The van der Waals surface area contributed by atoms with Crippen molar-refractivity contribution < 1.29 is 0 Å². The Balaban J connectivity index is 1.46. The van der Waals surface area contributed by atoms with Crippen molar-refractivity contribution >= 4 is 34.7 Å². The highest BCUT2D eigenvalue weighted by atomic mass is 32.2. The largest absolute Gasteiger partial charge is 0.360 e. The summed E-state index contributed by atoms with van der Waals surface area (Å²) in [5.41, 5.74) is 5.67. The Bertz CT molecular complexity index is 942. The molecule has 27 heavy (non-hydrogen) atoms. The van der Waals surface area contributed by atoms with E-state index in [4.69, 9.17) is 12.2 Å². The Morgan fingerprint density at radius 3 is 2.70 bits per heavy atom. The van der Waals surface area contributed by atoms with E-state index in [0.717, 1.165) is 18.0 Å². The van der Waals surface area contributed by atoms with E-state index in [1.54, 1.807) is 0 Å². The van der Waals surface area contributed by atoms with Crippen molar-refractivity contribution in [1.29, 1.82) is 0 Å². The van der Waals surface area contributed by atoms with Crippen LogP contribution in [0.4, 0.5) is 0 Å². The second kappa shape index (κ2) is 7.17. The Labute approximate surface area is 170 Å². The van der Waals surface area contributed by atoms with Crippen LogP contribution in [0, 0.1) is 0 Å². The fraction of sp³-hybridized carbons (Fsp3) is 0.261. The lowest BCUT2D eigenvalue weighted by atomic mass is 9.81. The van der Waals surface area contributed by atoms with Gasteiger partial charge in [-0.15, -0.1) is 0 Å². The van der Waals surface area contributed by atoms with E-state index < -0.39 is 0 Å². The van der Waals surface area contributed by atoms with Crippen LogP contribution in [0.1, 0.15) is 29.5 Å². The minimum Gasteiger partial charge on any atom is -0.360 e. The van der Waals surface area contributed by atoms with Gasteiger partial charge in [-0.05, 0) is 78.4 Å². The molecule has 0 radical (unpaired) electrons. The molecule has 1 unspecified atom stereocenters. The van der Waals surface area contributed by atoms with Gasteiger partial charge in [-0.1, -0.05) is 54.3 Å². The number of allylic oxidation sites excluding steroid dienone is 3. The third-order valence-electron chi connectivity index (χ3n) is 5.28. The predicted octanol–water partition coefficient (Wildman–Crippen LogP) is 4.88. The van der Waals surface area contributed by atoms with Crippen molar-refractivity contribution in [2.24, 2.45) is 0 Å². The van der Waals surface area contributed by atoms with Crippen LogP contribution in [0.15, 0.2) is 70.5 Å². The first-order chi connectivity index (χ1) is 13.3. The lowest BCUT2D eigenvalue weighted by Gasteiger charge is -2.30. The van der Waals surface area contributed by atoms with Crippen LogP contribution >= 0.6 is 24.0 Å². The van der Waals surface area contributed by atoms with Gasteiger partial charge in [0.1, 0.15) is 0 Å². The number of hydrogen-bond acceptors (Lipinski definition) is 2. The number of nitrogens with one attached hydrogen (secondary N) is 2. The Morgan fingerprint density at radius 1 is 1.04 bits per heavy atom. The summed E-state index contributed by atoms with van der Waals surface area (Å²) in [6, 6.07) is 16.1. The van der Waals surface area contributed by atoms with Crippen molar-refractivity contribution in [3.05, 3.63) is 77.4 Å². The van der Waals surface area contributed by atoms with E-state index in [0.29, 0.717) is 6.04 Å². The van der Waals surface area contributed by atoms with Crippen molar-refractivity contribution in [1.82, 2.24) is 10.6 Å². The first kappa shape index (κ1) is 17.1. The molecule has 5 rings (SSSR count). The minimum absolute atomic E-state index is 0.236. The molecule has 0 bridgehead atoms. The molecule has 3 aliphatic rings. The van der Waals surface area contributed by atoms with Gasteiger partial charge < -0.3 is 10.6 Å². The molecule has 1 atom stereocenters. The van der Waals surface area contributed by atoms with E-state index in [1.165, 1.54) is 44.9 Å². The van der Waals surface area contributed by atoms with Gasteiger partial charge in [0.2, 0.25) is 0 Å². The number of thiocarbonyl (C=S) groups is 1. The zero-order valence-corrected chi connectivity index (χ0v) is 16.7. The maximum absolute atomic E-state index is 5.53. The second-order valence-corrected chi connectivity index (χ2v) is 8.95. The molecule has 3 aliphatic carbocycles. The molecule has 2 aromatic rings. The molecule has 136 valence electrons. The molecule has 4 heteroatoms. The van der Waals surface area contributed by atoms with Crippen LogP contribution in [0.25, 0.3) is 5.57 Å². The molecule has 0 heterocycles. The molecule has 1 fully saturated rings. The molecule has 0 spiro atoms. The van der Waals surface area contributed by atoms with E-state index in [9.17, 15) is 0 Å². The quantitative estimate of drug-likeness (QED) is 0.726. The Morgan fingerprint density at radius 2 is 1.89 bits per heavy atom. The third-order valence-corrected chi connectivity index (χ3v) is 6.63. The normalized spacial score (nSPS) is 19.9. The standard InChI is InChI=1S/C23H22N2S2/c26-23(24-17-10-11-17)25-18-13-16-6-4-5-15-9-12-21(20(14-18)22(15)16)27-19-7-2-1-3-8-19/h1-4,6-9,12-13,17-18H,5,10-11,14H2,(H2,24,25,26). The molecular weight excluding hydrogens is 368 g/mol. The van der Waals surface area contributed by atoms with E-state index in [1.807, 2.05) is 11.8 Å². The molecule has 0 aliphatic heterocycles. The van der Waals surface area contributed by atoms with Crippen molar-refractivity contribution in [3.8, 4) is 0 Å². The van der Waals surface area contributed by atoms with Crippen LogP contribution < -0.4 is 10.6 Å². The van der Waals surface area contributed by atoms with Gasteiger partial charge >= 0.3 is 0 Å². The zero-order valence-electron chi connectivity index (χ0n) is 15.1. The first-order valence-electron chi connectivity index (χ1n) is 9.60. The van der Waals surface area contributed by atoms with Gasteiger partial charge in [-0.25, -0.2) is 0 Å². The average molecular weight is 391 g/mol. The maximum Gasteiger partial charge on any atom is 0.166 e. The van der Waals surface area contributed by atoms with Gasteiger partial charge in [-0.2, -0.15) is 0 Å². The predicted molar refractivity (Wildman–Crippen MR) is 117 cm³/mol. The molecule has 2 aromatic carbocycles. The summed E-state index contributed by atoms with van der Waals surface area (Å²) < 4.78 is 0. The zero-order chi connectivity index (χ0) is 18.2. The molecular formula is C23H22N2S2. The maximum atomic E-state index is 5.53. The summed E-state index contributed by atoms with van der Waals surface area (Å²) in [5.74, 6) is 0. The molecule has 2 N–H and O–H groups in total. The fourth-order valence-corrected chi connectivity index (χ4v) is 5.18. The number of hydrogen-bond donors (Lipinski definition) is 2. The van der Waals surface area contributed by atoms with E-state index in [-0.39, 0.29) is 6.04 Å². The van der Waals surface area contributed by atoms with Gasteiger partial charge in [-0.3, -0.25) is 0 Å². The van der Waals surface area contributed by atoms with E-state index >= 15 is 0 Å². The third kappa shape index (κ3) is 3.69. The summed E-state index contributed by atoms with van der Waals surface area (Å²) in [6.07, 6.45) is 11.4. The van der Waals surface area contributed by atoms with Gasteiger partial charge in [0.25, 0.3) is 0 Å². The van der Waals surface area contributed by atoms with Crippen molar-refractivity contribution in [2.75, 3.05) is 0 Å². The molecule has 2 nitrogen and oxygen atoms in total. The summed E-state index contributed by atoms with van der Waals surface area (Å²) in [6.45, 7) is 0. The van der Waals surface area contributed by atoms with Crippen LogP contribution in [-0.2, 0) is 12.8 Å². The molecule has 0 saturated heterocycles. The van der Waals surface area contributed by atoms with E-state index in [2.05, 4.69) is 71.3 Å². The fourth-order valence-electron chi connectivity index (χ4n) is 3.87. The molecule has 0 aromatic heterocycles. The summed E-state index contributed by atoms with van der Waals surface area (Å²) in [4.78, 5) is 2.64. The first-order valence-corrected chi connectivity index (χ1v) is 10.8. The smallest absolute Gasteiger partial charge is 0.166 e. The SMILES string of the molecule is S=C(NC1C=C2C=CCc3ccc(Sc4ccccc4)c(c32)C1)NC1CC1. The Kier molecular flexibility index (Phi) is 4.54. The number of benzene rings is 2. The number of rotatable bonds is 4. The van der Waals surface area contributed by atoms with Gasteiger partial charge in [0.05, 0.1) is 6.04 Å². The van der Waals surface area contributed by atoms with Crippen molar-refractivity contribution in [3.63, 3.8) is 0 Å². The molecule has 1 saturated carbocycles. The second-order valence-electron chi connectivity index (χ2n) is 7.42. The average Bonchev–Trinajstić information content (AvgIpc) is 3.48. The highest BCUT2D eigenvalue weighted by Crippen LogP contribution is 2.41. The highest BCUT2D eigenvalue weighted by Gasteiger charge is 2.27. The summed E-state index contributed by atoms with van der Waals surface area (Å²) >= 11 is 7.39. The van der Waals surface area contributed by atoms with Crippen LogP contribution in [0.3, 0.4) is 0 Å². The highest BCUT2D eigenvalue weighted by molar-refractivity contribution is 7.99. The van der Waals surface area contributed by atoms with Gasteiger partial charge in [0.15, 0.2) is 5.11 Å². The van der Waals surface area contributed by atoms with Crippen LogP contribution in [0.2, 0.25) is 0 Å². The minimum atomic E-state index is 0.236. The van der Waals surface area contributed by atoms with Crippen molar-refractivity contribution in [2.45, 2.75) is 47.6 Å². The topological polar surface area (TPSA) is 24.1 Å². The van der Waals surface area contributed by atoms with Crippen LogP contribution in [0.5, 0.6) is 0 Å². The summed E-state index contributed by atoms with van der Waals surface area (Å²) in [5, 5.41) is 7.72. The monoisotopic (exact) mass is 390 g/mol. The molecule has 0 amide bonds. The lowest BCUT2D eigenvalue weighted by Crippen LogP contribution is -2.44. The Hall–Kier alpha value is -2.04.